The number of anilines is 1. The largest absolute Gasteiger partial charge is 0.494 e. The minimum Gasteiger partial charge on any atom is -0.494 e. The Bertz CT molecular complexity index is 2490. The molecule has 2 aromatic carbocycles. The normalized spacial score (nSPS) is 14.1. The lowest BCUT2D eigenvalue weighted by atomic mass is 9.97. The third-order valence-corrected chi connectivity index (χ3v) is 12.3. The van der Waals surface area contributed by atoms with E-state index in [1.165, 1.54) is 24.7 Å². The van der Waals surface area contributed by atoms with Crippen LogP contribution in [0.4, 0.5) is 5.69 Å². The van der Waals surface area contributed by atoms with Crippen molar-refractivity contribution < 1.29 is 57.7 Å². The number of methoxy groups -OCH3 is 1. The molecule has 21 nitrogen and oxygen atoms in total. The van der Waals surface area contributed by atoms with Gasteiger partial charge in [0.05, 0.1) is 26.4 Å². The number of fused-ring (bicyclic) bond motifs is 1. The lowest BCUT2D eigenvalue weighted by molar-refractivity contribution is -0.146. The first-order valence-corrected chi connectivity index (χ1v) is 25.2. The van der Waals surface area contributed by atoms with Crippen molar-refractivity contribution in [3.8, 4) is 11.5 Å². The van der Waals surface area contributed by atoms with Crippen LogP contribution in [0.25, 0.3) is 10.8 Å². The molecule has 9 N–H and O–H groups in total. The van der Waals surface area contributed by atoms with Crippen LogP contribution in [0.2, 0.25) is 0 Å². The van der Waals surface area contributed by atoms with Crippen molar-refractivity contribution >= 4 is 63.8 Å². The first-order chi connectivity index (χ1) is 34.9. The van der Waals surface area contributed by atoms with Crippen molar-refractivity contribution in [2.45, 2.75) is 151 Å². The molecule has 0 saturated heterocycles. The molecule has 0 spiro atoms. The molecule has 0 aliphatic carbocycles. The van der Waals surface area contributed by atoms with Crippen LogP contribution in [0.3, 0.4) is 0 Å². The number of aryl methyl sites for hydroxylation is 1. The minimum absolute atomic E-state index is 0.0172. The van der Waals surface area contributed by atoms with Crippen LogP contribution in [-0.2, 0) is 49.6 Å². The molecule has 0 aliphatic heterocycles. The summed E-state index contributed by atoms with van der Waals surface area (Å²) in [7, 11) is 1.24. The van der Waals surface area contributed by atoms with Gasteiger partial charge in [-0.2, -0.15) is 0 Å². The number of nitrogens with two attached hydrogens (primary N) is 1. The van der Waals surface area contributed by atoms with Crippen LogP contribution in [0.1, 0.15) is 107 Å². The number of hydrogen-bond donors (Lipinski definition) is 8. The van der Waals surface area contributed by atoms with Crippen LogP contribution in [-0.4, -0.2) is 114 Å². The zero-order chi connectivity index (χ0) is 55.4. The van der Waals surface area contributed by atoms with Gasteiger partial charge in [-0.25, -0.2) is 4.79 Å². The van der Waals surface area contributed by atoms with Crippen molar-refractivity contribution in [3.05, 3.63) is 64.6 Å². The Hall–Kier alpha value is -7.03. The van der Waals surface area contributed by atoms with Gasteiger partial charge in [-0.3, -0.25) is 38.4 Å². The Morgan fingerprint density at radius 3 is 1.70 bits per heavy atom. The standard InChI is InChI=1S/C53H78N8O13/c1-12-32(8)46(51(69)60-47(34(10)62)48(54)66)58-43(65)28-61-33(9)17-22-39(52(61)70)55-41(63)15-13-23-73-37-20-18-35-19-21-38(27-36(35)26-37)74-24-14-16-42(64)57-44(30(4)5)50(68)56-40(25-29(2)3)49(67)59-45(31(6)7)53(71)72-11/h17-22,26-27,29-32,34,40,44-47,62H,12-16,23-25,28H2,1-11H3,(H2,54,66)(H,55,63)(H,56,68)(H,57,64)(H,58,65)(H,59,67)(H,60,69)/t32-,34+,40+,44-,45-,46-,47-/m0/s1. The van der Waals surface area contributed by atoms with E-state index in [1.54, 1.807) is 53.7 Å². The lowest BCUT2D eigenvalue weighted by Gasteiger charge is -2.28. The smallest absolute Gasteiger partial charge is 0.328 e. The molecular weight excluding hydrogens is 957 g/mol. The summed E-state index contributed by atoms with van der Waals surface area (Å²) in [4.78, 5) is 117. The number of rotatable bonds is 30. The van der Waals surface area contributed by atoms with Crippen LogP contribution >= 0.6 is 0 Å². The van der Waals surface area contributed by atoms with E-state index in [0.717, 1.165) is 10.8 Å². The molecule has 0 bridgehead atoms. The fourth-order valence-corrected chi connectivity index (χ4v) is 7.76. The molecule has 1 heterocycles. The van der Waals surface area contributed by atoms with E-state index in [-0.39, 0.29) is 61.3 Å². The first kappa shape index (κ1) is 61.3. The van der Waals surface area contributed by atoms with Crippen molar-refractivity contribution in [2.24, 2.45) is 29.4 Å². The van der Waals surface area contributed by atoms with Gasteiger partial charge < -0.3 is 61.5 Å². The molecular formula is C53H78N8O13. The second-order valence-corrected chi connectivity index (χ2v) is 19.7. The maximum atomic E-state index is 13.5. The number of ether oxygens (including phenoxy) is 3. The van der Waals surface area contributed by atoms with Gasteiger partial charge >= 0.3 is 5.97 Å². The van der Waals surface area contributed by atoms with Crippen LogP contribution < -0.4 is 52.7 Å². The average Bonchev–Trinajstić information content (AvgIpc) is 3.34. The summed E-state index contributed by atoms with van der Waals surface area (Å²) >= 11 is 0. The van der Waals surface area contributed by atoms with Crippen LogP contribution in [0.15, 0.2) is 53.3 Å². The molecule has 7 amide bonds. The second kappa shape index (κ2) is 29.6. The highest BCUT2D eigenvalue weighted by Crippen LogP contribution is 2.26. The number of nitrogens with zero attached hydrogens (tertiary/aromatic N) is 1. The third kappa shape index (κ3) is 19.1. The predicted octanol–water partition coefficient (Wildman–Crippen LogP) is 3.13. The van der Waals surface area contributed by atoms with Gasteiger partial charge in [0.15, 0.2) is 0 Å². The molecule has 0 radical (unpaired) electrons. The Kier molecular flexibility index (Phi) is 24.5. The summed E-state index contributed by atoms with van der Waals surface area (Å²) in [5, 5.41) is 27.6. The highest BCUT2D eigenvalue weighted by molar-refractivity contribution is 5.94. The molecule has 0 fully saturated rings. The monoisotopic (exact) mass is 1030 g/mol. The summed E-state index contributed by atoms with van der Waals surface area (Å²) < 4.78 is 17.9. The fourth-order valence-electron chi connectivity index (χ4n) is 7.76. The molecule has 408 valence electrons. The number of primary amides is 1. The number of esters is 1. The van der Waals surface area contributed by atoms with E-state index in [9.17, 15) is 48.3 Å². The number of aliphatic hydroxyl groups excluding tert-OH is 1. The fraction of sp³-hybridized carbons (Fsp3) is 0.566. The quantitative estimate of drug-likeness (QED) is 0.0352. The van der Waals surface area contributed by atoms with Crippen LogP contribution in [0, 0.1) is 30.6 Å². The number of nitrogens with one attached hydrogen (secondary N) is 6. The van der Waals surface area contributed by atoms with E-state index >= 15 is 0 Å². The summed E-state index contributed by atoms with van der Waals surface area (Å²) in [5.41, 5.74) is 5.08. The van der Waals surface area contributed by atoms with Gasteiger partial charge in [-0.1, -0.05) is 73.9 Å². The highest BCUT2D eigenvalue weighted by atomic mass is 16.5. The van der Waals surface area contributed by atoms with Crippen molar-refractivity contribution in [1.29, 1.82) is 0 Å². The maximum absolute atomic E-state index is 13.5. The molecule has 0 aliphatic rings. The van der Waals surface area contributed by atoms with E-state index in [1.807, 2.05) is 51.1 Å². The minimum atomic E-state index is -1.37. The summed E-state index contributed by atoms with van der Waals surface area (Å²) in [5.74, 6) is -4.54. The number of carbonyl (C=O) groups is 8. The SMILES string of the molecule is CC[C@H](C)[C@H](NC(=O)Cn1c(C)ccc(NC(=O)CCCOc2ccc3ccc(OCCCC(=O)N[C@H](C(=O)N[C@H](CC(C)C)C(=O)N[C@H](C(=O)OC)C(C)C)C(C)C)cc3c2)c1=O)C(=O)N[C@H](C(N)=O)[C@@H](C)O. The highest BCUT2D eigenvalue weighted by Gasteiger charge is 2.34. The average molecular weight is 1040 g/mol. The van der Waals surface area contributed by atoms with Gasteiger partial charge in [0.1, 0.15) is 53.9 Å². The van der Waals surface area contributed by atoms with Crippen molar-refractivity contribution in [3.63, 3.8) is 0 Å². The topological polar surface area (TPSA) is 305 Å². The molecule has 0 unspecified atom stereocenters. The number of aliphatic hydroxyl groups is 1. The number of hydrogen-bond acceptors (Lipinski definition) is 13. The number of aromatic nitrogens is 1. The second-order valence-electron chi connectivity index (χ2n) is 19.7. The maximum Gasteiger partial charge on any atom is 0.328 e. The van der Waals surface area contributed by atoms with E-state index in [0.29, 0.717) is 42.9 Å². The zero-order valence-corrected chi connectivity index (χ0v) is 44.6. The third-order valence-electron chi connectivity index (χ3n) is 12.3. The van der Waals surface area contributed by atoms with Gasteiger partial charge in [-0.15, -0.1) is 0 Å². The van der Waals surface area contributed by atoms with Crippen molar-refractivity contribution in [2.75, 3.05) is 25.6 Å². The number of benzene rings is 2. The number of carbonyl (C=O) groups excluding carboxylic acids is 8. The van der Waals surface area contributed by atoms with Gasteiger partial charge in [0.2, 0.25) is 41.4 Å². The van der Waals surface area contributed by atoms with E-state index < -0.39 is 89.8 Å². The van der Waals surface area contributed by atoms with Gasteiger partial charge in [0, 0.05) is 18.5 Å². The Balaban J connectivity index is 1.51. The zero-order valence-electron chi connectivity index (χ0n) is 44.6. The lowest BCUT2D eigenvalue weighted by Crippen LogP contribution is -2.58. The van der Waals surface area contributed by atoms with E-state index in [2.05, 4.69) is 31.9 Å². The molecule has 3 aromatic rings. The van der Waals surface area contributed by atoms with Gasteiger partial charge in [-0.05, 0) is 104 Å². The number of amides is 7. The molecule has 3 rings (SSSR count). The van der Waals surface area contributed by atoms with Gasteiger partial charge in [0.25, 0.3) is 5.56 Å². The molecule has 1 aromatic heterocycles. The number of pyridine rings is 1. The van der Waals surface area contributed by atoms with Crippen molar-refractivity contribution in [1.82, 2.24) is 31.2 Å². The summed E-state index contributed by atoms with van der Waals surface area (Å²) in [6.45, 7) is 17.3. The summed E-state index contributed by atoms with van der Waals surface area (Å²) in [6, 6.07) is 8.85. The molecule has 7 atom stereocenters. The molecule has 74 heavy (non-hydrogen) atoms. The van der Waals surface area contributed by atoms with Crippen LogP contribution in [0.5, 0.6) is 11.5 Å². The summed E-state index contributed by atoms with van der Waals surface area (Å²) in [6.07, 6.45) is 0.266. The first-order valence-electron chi connectivity index (χ1n) is 25.2. The Morgan fingerprint density at radius 2 is 1.19 bits per heavy atom. The Morgan fingerprint density at radius 1 is 0.649 bits per heavy atom. The molecule has 21 heteroatoms. The van der Waals surface area contributed by atoms with E-state index in [4.69, 9.17) is 19.9 Å². The predicted molar refractivity (Wildman–Crippen MR) is 279 cm³/mol. The Labute approximate surface area is 433 Å². The molecule has 0 saturated carbocycles.